The molecule has 0 saturated heterocycles. The Balaban J connectivity index is 1.20. The molecule has 1 amide bonds. The number of nitriles is 1. The van der Waals surface area contributed by atoms with Crippen LogP contribution in [0.1, 0.15) is 16.7 Å². The summed E-state index contributed by atoms with van der Waals surface area (Å²) in [7, 11) is 0. The number of nitrogens with zero attached hydrogens (tertiary/aromatic N) is 1. The Labute approximate surface area is 255 Å². The van der Waals surface area contributed by atoms with Crippen molar-refractivity contribution in [1.29, 1.82) is 5.26 Å². The number of ether oxygens (including phenoxy) is 2. The molecule has 5 aromatic rings. The first-order chi connectivity index (χ1) is 20.0. The van der Waals surface area contributed by atoms with Crippen molar-refractivity contribution in [2.45, 2.75) is 13.2 Å². The first-order valence-corrected chi connectivity index (χ1v) is 14.4. The molecule has 0 aliphatic rings. The van der Waals surface area contributed by atoms with Gasteiger partial charge in [0.2, 0.25) is 0 Å². The highest BCUT2D eigenvalue weighted by Crippen LogP contribution is 2.29. The van der Waals surface area contributed by atoms with Crippen LogP contribution in [0.5, 0.6) is 11.5 Å². The summed E-state index contributed by atoms with van der Waals surface area (Å²) >= 11 is 6.98. The highest BCUT2D eigenvalue weighted by Gasteiger charge is 2.11. The smallest absolute Gasteiger partial charge is 0.266 e. The summed E-state index contributed by atoms with van der Waals surface area (Å²) in [6, 6.07) is 36.7. The van der Waals surface area contributed by atoms with E-state index >= 15 is 0 Å². The first-order valence-electron chi connectivity index (χ1n) is 12.8. The minimum Gasteiger partial charge on any atom is -0.489 e. The topological polar surface area (TPSA) is 71.3 Å². The lowest BCUT2D eigenvalue weighted by atomic mass is 10.1. The molecule has 0 atom stereocenters. The summed E-state index contributed by atoms with van der Waals surface area (Å²) in [6.07, 6.45) is 1.55. The van der Waals surface area contributed by atoms with Crippen LogP contribution in [-0.4, -0.2) is 5.91 Å². The maximum atomic E-state index is 12.8. The number of hydrogen-bond donors (Lipinski definition) is 1. The van der Waals surface area contributed by atoms with Crippen molar-refractivity contribution < 1.29 is 14.3 Å². The van der Waals surface area contributed by atoms with Crippen molar-refractivity contribution in [3.63, 3.8) is 0 Å². The number of rotatable bonds is 9. The van der Waals surface area contributed by atoms with Gasteiger partial charge in [0.25, 0.3) is 5.91 Å². The molecule has 41 heavy (non-hydrogen) atoms. The normalized spacial score (nSPS) is 11.1. The Bertz CT molecular complexity index is 1750. The standard InChI is InChI=1S/C34H24Br2N2O3/c35-28-11-8-23(9-12-28)21-40-30-15-13-29(14-16-30)38-34(39)27(20-37)18-24-10-17-33(32(36)19-24)41-22-26-6-3-5-25-4-1-2-7-31(25)26/h1-19H,21-22H2,(H,38,39)/b27-18+. The molecule has 5 nitrogen and oxygen atoms in total. The van der Waals surface area contributed by atoms with Crippen molar-refractivity contribution >= 4 is 60.3 Å². The number of carbonyl (C=O) groups is 1. The monoisotopic (exact) mass is 666 g/mol. The third kappa shape index (κ3) is 7.43. The minimum atomic E-state index is -0.497. The average Bonchev–Trinajstić information content (AvgIpc) is 3.00. The molecule has 0 aromatic heterocycles. The van der Waals surface area contributed by atoms with E-state index in [2.05, 4.69) is 61.4 Å². The van der Waals surface area contributed by atoms with E-state index in [1.807, 2.05) is 66.7 Å². The number of carbonyl (C=O) groups excluding carboxylic acids is 1. The zero-order chi connectivity index (χ0) is 28.6. The van der Waals surface area contributed by atoms with Gasteiger partial charge in [0.05, 0.1) is 4.47 Å². The summed E-state index contributed by atoms with van der Waals surface area (Å²) in [5, 5.41) is 14.7. The molecule has 0 heterocycles. The highest BCUT2D eigenvalue weighted by atomic mass is 79.9. The summed E-state index contributed by atoms with van der Waals surface area (Å²) in [5.74, 6) is 0.846. The van der Waals surface area contributed by atoms with Gasteiger partial charge in [-0.25, -0.2) is 0 Å². The SMILES string of the molecule is N#C/C(=C\c1ccc(OCc2cccc3ccccc23)c(Br)c1)C(=O)Nc1ccc(OCc2ccc(Br)cc2)cc1. The molecule has 5 aromatic carbocycles. The molecular weight excluding hydrogens is 644 g/mol. The zero-order valence-corrected chi connectivity index (χ0v) is 25.0. The van der Waals surface area contributed by atoms with E-state index in [0.29, 0.717) is 36.0 Å². The molecule has 0 radical (unpaired) electrons. The second-order valence-corrected chi connectivity index (χ2v) is 11.0. The van der Waals surface area contributed by atoms with Crippen molar-refractivity contribution in [1.82, 2.24) is 0 Å². The van der Waals surface area contributed by atoms with Crippen LogP contribution >= 0.6 is 31.9 Å². The Hall–Kier alpha value is -4.38. The predicted molar refractivity (Wildman–Crippen MR) is 170 cm³/mol. The van der Waals surface area contributed by atoms with Crippen molar-refractivity contribution in [3.8, 4) is 17.6 Å². The maximum absolute atomic E-state index is 12.8. The second-order valence-electron chi connectivity index (χ2n) is 9.18. The number of halogens is 2. The fraction of sp³-hybridized carbons (Fsp3) is 0.0588. The molecule has 0 fully saturated rings. The van der Waals surface area contributed by atoms with Gasteiger partial charge in [-0.05, 0) is 98.0 Å². The quantitative estimate of drug-likeness (QED) is 0.126. The van der Waals surface area contributed by atoms with Crippen molar-refractivity contribution in [2.75, 3.05) is 5.32 Å². The van der Waals surface area contributed by atoms with Gasteiger partial charge in [0, 0.05) is 10.2 Å². The van der Waals surface area contributed by atoms with Gasteiger partial charge in [0.15, 0.2) is 0 Å². The van der Waals surface area contributed by atoms with E-state index < -0.39 is 5.91 Å². The Morgan fingerprint density at radius 3 is 2.34 bits per heavy atom. The molecule has 1 N–H and O–H groups in total. The van der Waals surface area contributed by atoms with Gasteiger partial charge in [-0.15, -0.1) is 0 Å². The van der Waals surface area contributed by atoms with E-state index in [9.17, 15) is 10.1 Å². The molecule has 0 aliphatic carbocycles. The van der Waals surface area contributed by atoms with Gasteiger partial charge in [-0.2, -0.15) is 5.26 Å². The lowest BCUT2D eigenvalue weighted by Gasteiger charge is -2.11. The second kappa shape index (κ2) is 13.3. The van der Waals surface area contributed by atoms with Gasteiger partial charge >= 0.3 is 0 Å². The van der Waals surface area contributed by atoms with Gasteiger partial charge in [-0.3, -0.25) is 4.79 Å². The molecule has 0 aliphatic heterocycles. The zero-order valence-electron chi connectivity index (χ0n) is 21.8. The molecule has 202 valence electrons. The summed E-state index contributed by atoms with van der Waals surface area (Å²) in [4.78, 5) is 12.8. The summed E-state index contributed by atoms with van der Waals surface area (Å²) < 4.78 is 13.6. The van der Waals surface area contributed by atoms with E-state index in [1.165, 1.54) is 0 Å². The van der Waals surface area contributed by atoms with Gasteiger partial charge < -0.3 is 14.8 Å². The molecular formula is C34H24Br2N2O3. The number of nitrogens with one attached hydrogen (secondary N) is 1. The molecule has 0 saturated carbocycles. The van der Waals surface area contributed by atoms with E-state index in [1.54, 1.807) is 30.3 Å². The lowest BCUT2D eigenvalue weighted by molar-refractivity contribution is -0.112. The predicted octanol–water partition coefficient (Wildman–Crippen LogP) is 9.07. The fourth-order valence-electron chi connectivity index (χ4n) is 4.19. The number of fused-ring (bicyclic) bond motifs is 1. The van der Waals surface area contributed by atoms with Crippen LogP contribution in [0.4, 0.5) is 5.69 Å². The fourth-order valence-corrected chi connectivity index (χ4v) is 4.97. The van der Waals surface area contributed by atoms with Crippen molar-refractivity contribution in [3.05, 3.63) is 140 Å². The number of anilines is 1. The third-order valence-corrected chi connectivity index (χ3v) is 7.47. The maximum Gasteiger partial charge on any atom is 0.266 e. The summed E-state index contributed by atoms with van der Waals surface area (Å²) in [5.41, 5.74) is 3.37. The molecule has 0 spiro atoms. The van der Waals surface area contributed by atoms with Crippen LogP contribution in [0.2, 0.25) is 0 Å². The third-order valence-electron chi connectivity index (χ3n) is 6.33. The molecule has 0 unspecified atom stereocenters. The average molecular weight is 668 g/mol. The van der Waals surface area contributed by atoms with Crippen LogP contribution in [0.15, 0.2) is 124 Å². The van der Waals surface area contributed by atoms with E-state index in [4.69, 9.17) is 9.47 Å². The van der Waals surface area contributed by atoms with Gasteiger partial charge in [-0.1, -0.05) is 76.6 Å². The van der Waals surface area contributed by atoms with Crippen LogP contribution < -0.4 is 14.8 Å². The van der Waals surface area contributed by atoms with Crippen molar-refractivity contribution in [2.24, 2.45) is 0 Å². The summed E-state index contributed by atoms with van der Waals surface area (Å²) in [6.45, 7) is 0.845. The Kier molecular flexibility index (Phi) is 9.15. The van der Waals surface area contributed by atoms with E-state index in [-0.39, 0.29) is 5.57 Å². The largest absolute Gasteiger partial charge is 0.489 e. The lowest BCUT2D eigenvalue weighted by Crippen LogP contribution is -2.13. The number of hydrogen-bond acceptors (Lipinski definition) is 4. The molecule has 0 bridgehead atoms. The van der Waals surface area contributed by atoms with Crippen LogP contribution in [-0.2, 0) is 18.0 Å². The number of amides is 1. The Morgan fingerprint density at radius 1 is 0.829 bits per heavy atom. The first kappa shape index (κ1) is 28.2. The van der Waals surface area contributed by atoms with Crippen LogP contribution in [0.3, 0.4) is 0 Å². The van der Waals surface area contributed by atoms with Crippen LogP contribution in [0.25, 0.3) is 16.8 Å². The van der Waals surface area contributed by atoms with Gasteiger partial charge in [0.1, 0.15) is 36.4 Å². The van der Waals surface area contributed by atoms with Crippen LogP contribution in [0, 0.1) is 11.3 Å². The minimum absolute atomic E-state index is 0.0168. The van der Waals surface area contributed by atoms with E-state index in [0.717, 1.165) is 30.8 Å². The number of benzene rings is 5. The molecule has 5 rings (SSSR count). The highest BCUT2D eigenvalue weighted by molar-refractivity contribution is 9.10. The Morgan fingerprint density at radius 2 is 1.59 bits per heavy atom. The molecule has 7 heteroatoms.